The fourth-order valence-electron chi connectivity index (χ4n) is 2.21. The predicted octanol–water partition coefficient (Wildman–Crippen LogP) is 2.03. The highest BCUT2D eigenvalue weighted by molar-refractivity contribution is 7.89. The molecule has 0 bridgehead atoms. The number of H-pyrrole nitrogens is 1. The van der Waals surface area contributed by atoms with Gasteiger partial charge in [-0.05, 0) is 33.2 Å². The summed E-state index contributed by atoms with van der Waals surface area (Å²) >= 11 is 0. The lowest BCUT2D eigenvalue weighted by molar-refractivity contribution is 0.367. The minimum absolute atomic E-state index is 0.0338. The SMILES string of the molecule is CCCNCc1c(S(=O)(=O)N(C)C(C)CCC)n[nH]c1C. The molecule has 0 aliphatic heterocycles. The van der Waals surface area contributed by atoms with Gasteiger partial charge in [0.05, 0.1) is 0 Å². The van der Waals surface area contributed by atoms with Crippen LogP contribution in [-0.4, -0.2) is 42.6 Å². The van der Waals surface area contributed by atoms with Crippen LogP contribution in [0.5, 0.6) is 0 Å². The first-order valence-electron chi connectivity index (χ1n) is 7.58. The lowest BCUT2D eigenvalue weighted by Gasteiger charge is -2.23. The fourth-order valence-corrected chi connectivity index (χ4v) is 3.76. The molecule has 1 unspecified atom stereocenters. The van der Waals surface area contributed by atoms with E-state index in [1.807, 2.05) is 13.8 Å². The summed E-state index contributed by atoms with van der Waals surface area (Å²) in [6, 6.07) is -0.0338. The molecule has 0 saturated carbocycles. The summed E-state index contributed by atoms with van der Waals surface area (Å²) in [5.41, 5.74) is 1.53. The van der Waals surface area contributed by atoms with Crippen molar-refractivity contribution in [2.45, 2.75) is 64.6 Å². The Morgan fingerprint density at radius 1 is 1.33 bits per heavy atom. The van der Waals surface area contributed by atoms with Gasteiger partial charge in [0.2, 0.25) is 0 Å². The lowest BCUT2D eigenvalue weighted by atomic mass is 10.2. The molecule has 1 heterocycles. The van der Waals surface area contributed by atoms with Crippen LogP contribution in [0.4, 0.5) is 0 Å². The van der Waals surface area contributed by atoms with Crippen LogP contribution in [0.3, 0.4) is 0 Å². The average molecular weight is 316 g/mol. The maximum absolute atomic E-state index is 12.7. The van der Waals surface area contributed by atoms with Crippen molar-refractivity contribution in [3.8, 4) is 0 Å². The molecule has 1 aromatic rings. The van der Waals surface area contributed by atoms with Crippen molar-refractivity contribution in [2.75, 3.05) is 13.6 Å². The van der Waals surface area contributed by atoms with E-state index in [0.717, 1.165) is 37.1 Å². The molecule has 0 aliphatic carbocycles. The first kappa shape index (κ1) is 18.1. The van der Waals surface area contributed by atoms with E-state index in [2.05, 4.69) is 29.4 Å². The second-order valence-corrected chi connectivity index (χ2v) is 7.38. The molecule has 0 saturated heterocycles. The van der Waals surface area contributed by atoms with Crippen LogP contribution in [-0.2, 0) is 16.6 Å². The van der Waals surface area contributed by atoms with Crippen LogP contribution in [0.25, 0.3) is 0 Å². The van der Waals surface area contributed by atoms with Crippen LogP contribution in [0, 0.1) is 6.92 Å². The van der Waals surface area contributed by atoms with Gasteiger partial charge in [0.15, 0.2) is 5.03 Å². The maximum Gasteiger partial charge on any atom is 0.262 e. The molecule has 0 fully saturated rings. The zero-order chi connectivity index (χ0) is 16.0. The van der Waals surface area contributed by atoms with E-state index >= 15 is 0 Å². The summed E-state index contributed by atoms with van der Waals surface area (Å²) in [7, 11) is -1.93. The quantitative estimate of drug-likeness (QED) is 0.683. The van der Waals surface area contributed by atoms with Gasteiger partial charge >= 0.3 is 0 Å². The van der Waals surface area contributed by atoms with E-state index in [1.54, 1.807) is 7.05 Å². The van der Waals surface area contributed by atoms with Crippen molar-refractivity contribution < 1.29 is 8.42 Å². The molecule has 6 nitrogen and oxygen atoms in total. The zero-order valence-electron chi connectivity index (χ0n) is 13.7. The third-order valence-corrected chi connectivity index (χ3v) is 5.66. The van der Waals surface area contributed by atoms with E-state index in [-0.39, 0.29) is 11.1 Å². The molecule has 0 aromatic carbocycles. The van der Waals surface area contributed by atoms with Crippen molar-refractivity contribution in [3.63, 3.8) is 0 Å². The Labute approximate surface area is 128 Å². The van der Waals surface area contributed by atoms with Gasteiger partial charge < -0.3 is 5.32 Å². The van der Waals surface area contributed by atoms with Crippen molar-refractivity contribution in [3.05, 3.63) is 11.3 Å². The minimum atomic E-state index is -3.56. The molecule has 1 atom stereocenters. The summed E-state index contributed by atoms with van der Waals surface area (Å²) in [6.07, 6.45) is 2.79. The van der Waals surface area contributed by atoms with E-state index in [1.165, 1.54) is 4.31 Å². The van der Waals surface area contributed by atoms with Gasteiger partial charge in [0.1, 0.15) is 0 Å². The maximum atomic E-state index is 12.7. The number of hydrogen-bond donors (Lipinski definition) is 2. The van der Waals surface area contributed by atoms with Gasteiger partial charge in [-0.2, -0.15) is 9.40 Å². The Bertz CT molecular complexity index is 539. The van der Waals surface area contributed by atoms with Crippen molar-refractivity contribution in [2.24, 2.45) is 0 Å². The molecule has 21 heavy (non-hydrogen) atoms. The monoisotopic (exact) mass is 316 g/mol. The number of aromatic amines is 1. The van der Waals surface area contributed by atoms with Gasteiger partial charge in [-0.1, -0.05) is 20.3 Å². The highest BCUT2D eigenvalue weighted by Gasteiger charge is 2.30. The van der Waals surface area contributed by atoms with Gasteiger partial charge in [-0.3, -0.25) is 5.10 Å². The fraction of sp³-hybridized carbons (Fsp3) is 0.786. The van der Waals surface area contributed by atoms with Crippen LogP contribution in [0.2, 0.25) is 0 Å². The van der Waals surface area contributed by atoms with Gasteiger partial charge in [0.25, 0.3) is 10.0 Å². The third-order valence-electron chi connectivity index (χ3n) is 3.72. The van der Waals surface area contributed by atoms with Crippen LogP contribution >= 0.6 is 0 Å². The molecule has 122 valence electrons. The Morgan fingerprint density at radius 2 is 2.00 bits per heavy atom. The lowest BCUT2D eigenvalue weighted by Crippen LogP contribution is -2.36. The molecule has 1 aromatic heterocycles. The highest BCUT2D eigenvalue weighted by atomic mass is 32.2. The number of hydrogen-bond acceptors (Lipinski definition) is 4. The number of nitrogens with one attached hydrogen (secondary N) is 2. The number of aryl methyl sites for hydroxylation is 1. The van der Waals surface area contributed by atoms with E-state index < -0.39 is 10.0 Å². The largest absolute Gasteiger partial charge is 0.313 e. The average Bonchev–Trinajstić information content (AvgIpc) is 2.80. The molecule has 1 rings (SSSR count). The molecule has 7 heteroatoms. The van der Waals surface area contributed by atoms with Crippen molar-refractivity contribution >= 4 is 10.0 Å². The first-order valence-corrected chi connectivity index (χ1v) is 9.02. The summed E-state index contributed by atoms with van der Waals surface area (Å²) in [5, 5.41) is 10.2. The standard InChI is InChI=1S/C14H28N4O2S/c1-6-8-11(3)18(5)21(19,20)14-13(10-15-9-7-2)12(4)16-17-14/h11,15H,6-10H2,1-5H3,(H,16,17). The molecule has 0 radical (unpaired) electrons. The molecule has 0 aliphatic rings. The highest BCUT2D eigenvalue weighted by Crippen LogP contribution is 2.22. The second-order valence-electron chi connectivity index (χ2n) is 5.47. The third kappa shape index (κ3) is 4.28. The number of aromatic nitrogens is 2. The summed E-state index contributed by atoms with van der Waals surface area (Å²) in [6.45, 7) is 9.27. The Morgan fingerprint density at radius 3 is 2.57 bits per heavy atom. The molecular formula is C14H28N4O2S. The summed E-state index contributed by atoms with van der Waals surface area (Å²) < 4.78 is 26.9. The van der Waals surface area contributed by atoms with Crippen LogP contribution < -0.4 is 5.32 Å². The molecular weight excluding hydrogens is 288 g/mol. The van der Waals surface area contributed by atoms with Gasteiger partial charge in [-0.25, -0.2) is 8.42 Å². The molecule has 2 N–H and O–H groups in total. The first-order chi connectivity index (χ1) is 9.86. The van der Waals surface area contributed by atoms with Crippen molar-refractivity contribution in [1.29, 1.82) is 0 Å². The molecule has 0 amide bonds. The zero-order valence-corrected chi connectivity index (χ0v) is 14.5. The number of sulfonamides is 1. The van der Waals surface area contributed by atoms with E-state index in [0.29, 0.717) is 6.54 Å². The van der Waals surface area contributed by atoms with Crippen molar-refractivity contribution in [1.82, 2.24) is 19.8 Å². The van der Waals surface area contributed by atoms with Gasteiger partial charge in [-0.15, -0.1) is 0 Å². The normalized spacial score (nSPS) is 13.8. The van der Waals surface area contributed by atoms with E-state index in [4.69, 9.17) is 0 Å². The summed E-state index contributed by atoms with van der Waals surface area (Å²) in [5.74, 6) is 0. The predicted molar refractivity (Wildman–Crippen MR) is 84.6 cm³/mol. The number of rotatable bonds is 9. The Hall–Kier alpha value is -0.920. The van der Waals surface area contributed by atoms with E-state index in [9.17, 15) is 8.42 Å². The van der Waals surface area contributed by atoms with Gasteiger partial charge in [0, 0.05) is 30.9 Å². The minimum Gasteiger partial charge on any atom is -0.313 e. The Balaban J connectivity index is 3.03. The topological polar surface area (TPSA) is 78.1 Å². The van der Waals surface area contributed by atoms with Crippen LogP contribution in [0.1, 0.15) is 51.3 Å². The van der Waals surface area contributed by atoms with Crippen LogP contribution in [0.15, 0.2) is 5.03 Å². The second kappa shape index (κ2) is 7.91. The Kier molecular flexibility index (Phi) is 6.83. The number of nitrogens with zero attached hydrogens (tertiary/aromatic N) is 2. The molecule has 0 spiro atoms. The summed E-state index contributed by atoms with van der Waals surface area (Å²) in [4.78, 5) is 0. The smallest absolute Gasteiger partial charge is 0.262 e.